The minimum absolute atomic E-state index is 0.476. The molecule has 0 saturated heterocycles. The highest BCUT2D eigenvalue weighted by molar-refractivity contribution is 5.35. The van der Waals surface area contributed by atoms with Crippen LogP contribution in [-0.2, 0) is 0 Å². The molecule has 0 unspecified atom stereocenters. The van der Waals surface area contributed by atoms with Crippen LogP contribution < -0.4 is 10.6 Å². The number of aromatic nitrogens is 1. The molecule has 2 nitrogen and oxygen atoms in total. The second-order valence-electron chi connectivity index (χ2n) is 4.72. The molecular weight excluding hydrogens is 184 g/mol. The molecule has 0 spiro atoms. The average molecular weight is 202 g/mol. The molecule has 2 heterocycles. The highest BCUT2D eigenvalue weighted by atomic mass is 14.8. The normalized spacial score (nSPS) is 14.0. The summed E-state index contributed by atoms with van der Waals surface area (Å²) >= 11 is 0. The van der Waals surface area contributed by atoms with Gasteiger partial charge in [-0.3, -0.25) is 9.98 Å². The maximum Gasteiger partial charge on any atom is 0.0716 e. The van der Waals surface area contributed by atoms with E-state index in [1.165, 1.54) is 21.8 Å². The Balaban J connectivity index is 2.72. The van der Waals surface area contributed by atoms with E-state index in [1.807, 2.05) is 6.20 Å². The van der Waals surface area contributed by atoms with Gasteiger partial charge in [0.05, 0.1) is 17.6 Å². The molecule has 1 aromatic rings. The van der Waals surface area contributed by atoms with Crippen molar-refractivity contribution < 1.29 is 0 Å². The SMILES string of the molecule is CC(C)c1ncc(C(C)C)c2c1=CCN=2. The number of hydrogen-bond acceptors (Lipinski definition) is 2. The predicted molar refractivity (Wildman–Crippen MR) is 62.5 cm³/mol. The molecule has 0 amide bonds. The van der Waals surface area contributed by atoms with E-state index in [9.17, 15) is 0 Å². The number of hydrogen-bond donors (Lipinski definition) is 0. The molecule has 0 bridgehead atoms. The van der Waals surface area contributed by atoms with Crippen molar-refractivity contribution in [2.75, 3.05) is 6.54 Å². The molecule has 15 heavy (non-hydrogen) atoms. The van der Waals surface area contributed by atoms with Gasteiger partial charge in [0, 0.05) is 11.4 Å². The highest BCUT2D eigenvalue weighted by Gasteiger charge is 2.12. The van der Waals surface area contributed by atoms with Crippen LogP contribution in [0.5, 0.6) is 0 Å². The Kier molecular flexibility index (Phi) is 2.59. The molecule has 0 aliphatic carbocycles. The summed E-state index contributed by atoms with van der Waals surface area (Å²) in [5.41, 5.74) is 2.47. The second-order valence-corrected chi connectivity index (χ2v) is 4.72. The van der Waals surface area contributed by atoms with Crippen molar-refractivity contribution in [1.29, 1.82) is 0 Å². The first-order valence-electron chi connectivity index (χ1n) is 5.64. The Labute approximate surface area is 90.8 Å². The van der Waals surface area contributed by atoms with Crippen LogP contribution in [-0.4, -0.2) is 11.5 Å². The molecule has 1 aliphatic heterocycles. The molecule has 0 fully saturated rings. The van der Waals surface area contributed by atoms with Crippen LogP contribution in [0.25, 0.3) is 6.08 Å². The first kappa shape index (κ1) is 10.3. The number of rotatable bonds is 2. The lowest BCUT2D eigenvalue weighted by Crippen LogP contribution is -2.32. The third-order valence-corrected chi connectivity index (χ3v) is 2.86. The number of nitrogens with zero attached hydrogens (tertiary/aromatic N) is 2. The lowest BCUT2D eigenvalue weighted by atomic mass is 10.0. The van der Waals surface area contributed by atoms with Crippen LogP contribution in [0, 0.1) is 0 Å². The van der Waals surface area contributed by atoms with Crippen molar-refractivity contribution in [2.24, 2.45) is 4.99 Å². The Morgan fingerprint density at radius 2 is 1.87 bits per heavy atom. The smallest absolute Gasteiger partial charge is 0.0716 e. The molecule has 0 N–H and O–H groups in total. The zero-order chi connectivity index (χ0) is 11.0. The van der Waals surface area contributed by atoms with Gasteiger partial charge in [0.25, 0.3) is 0 Å². The van der Waals surface area contributed by atoms with Gasteiger partial charge >= 0.3 is 0 Å². The van der Waals surface area contributed by atoms with Gasteiger partial charge in [0.1, 0.15) is 0 Å². The molecule has 0 atom stereocenters. The van der Waals surface area contributed by atoms with Crippen molar-refractivity contribution in [1.82, 2.24) is 4.98 Å². The predicted octanol–water partition coefficient (Wildman–Crippen LogP) is 1.74. The third kappa shape index (κ3) is 1.69. The van der Waals surface area contributed by atoms with Crippen molar-refractivity contribution in [3.63, 3.8) is 0 Å². The number of fused-ring (bicyclic) bond motifs is 1. The molecule has 2 rings (SSSR count). The molecule has 2 heteroatoms. The summed E-state index contributed by atoms with van der Waals surface area (Å²) in [5.74, 6) is 0.979. The summed E-state index contributed by atoms with van der Waals surface area (Å²) in [6.07, 6.45) is 4.20. The van der Waals surface area contributed by atoms with Gasteiger partial charge in [0.15, 0.2) is 0 Å². The number of pyridine rings is 1. The van der Waals surface area contributed by atoms with E-state index in [-0.39, 0.29) is 0 Å². The largest absolute Gasteiger partial charge is 0.280 e. The molecule has 1 aromatic heterocycles. The van der Waals surface area contributed by atoms with E-state index in [1.54, 1.807) is 0 Å². The lowest BCUT2D eigenvalue weighted by Gasteiger charge is -2.09. The van der Waals surface area contributed by atoms with E-state index in [0.29, 0.717) is 11.8 Å². The zero-order valence-electron chi connectivity index (χ0n) is 9.91. The summed E-state index contributed by atoms with van der Waals surface area (Å²) in [7, 11) is 0. The Hall–Kier alpha value is -1.18. The Bertz CT molecular complexity index is 439. The van der Waals surface area contributed by atoms with E-state index in [4.69, 9.17) is 0 Å². The molecule has 0 radical (unpaired) electrons. The average Bonchev–Trinajstić information content (AvgIpc) is 2.63. The summed E-state index contributed by atoms with van der Waals surface area (Å²) in [5, 5.41) is 2.46. The van der Waals surface area contributed by atoms with Crippen molar-refractivity contribution in [3.8, 4) is 0 Å². The maximum absolute atomic E-state index is 4.58. The standard InChI is InChI=1S/C13H18N2/c1-8(2)11-7-15-12(9(3)4)10-5-6-14-13(10)11/h5,7-9H,6H2,1-4H3. The summed E-state index contributed by atoms with van der Waals surface area (Å²) in [6.45, 7) is 9.58. The zero-order valence-corrected chi connectivity index (χ0v) is 9.91. The van der Waals surface area contributed by atoms with Crippen molar-refractivity contribution in [3.05, 3.63) is 28.0 Å². The van der Waals surface area contributed by atoms with Gasteiger partial charge in [0.2, 0.25) is 0 Å². The van der Waals surface area contributed by atoms with Crippen LogP contribution in [0.3, 0.4) is 0 Å². The summed E-state index contributed by atoms with van der Waals surface area (Å²) in [6, 6.07) is 0. The highest BCUT2D eigenvalue weighted by Crippen LogP contribution is 2.11. The van der Waals surface area contributed by atoms with E-state index >= 15 is 0 Å². The fraction of sp³-hybridized carbons (Fsp3) is 0.538. The van der Waals surface area contributed by atoms with Crippen molar-refractivity contribution >= 4 is 6.08 Å². The van der Waals surface area contributed by atoms with Crippen LogP contribution in [0.1, 0.15) is 50.8 Å². The van der Waals surface area contributed by atoms with Gasteiger partial charge < -0.3 is 0 Å². The van der Waals surface area contributed by atoms with Crippen LogP contribution in [0.4, 0.5) is 0 Å². The third-order valence-electron chi connectivity index (χ3n) is 2.86. The van der Waals surface area contributed by atoms with Gasteiger partial charge in [-0.2, -0.15) is 0 Å². The second kappa shape index (κ2) is 3.76. The van der Waals surface area contributed by atoms with E-state index in [0.717, 1.165) is 6.54 Å². The van der Waals surface area contributed by atoms with Crippen molar-refractivity contribution in [2.45, 2.75) is 39.5 Å². The van der Waals surface area contributed by atoms with Crippen LogP contribution in [0.15, 0.2) is 11.2 Å². The van der Waals surface area contributed by atoms with Gasteiger partial charge in [-0.1, -0.05) is 33.8 Å². The summed E-state index contributed by atoms with van der Waals surface area (Å²) in [4.78, 5) is 9.15. The minimum atomic E-state index is 0.476. The molecular formula is C13H18N2. The van der Waals surface area contributed by atoms with Gasteiger partial charge in [-0.05, 0) is 17.4 Å². The first-order chi connectivity index (χ1) is 7.11. The maximum atomic E-state index is 4.58. The summed E-state index contributed by atoms with van der Waals surface area (Å²) < 4.78 is 0. The topological polar surface area (TPSA) is 25.2 Å². The van der Waals surface area contributed by atoms with Gasteiger partial charge in [-0.25, -0.2) is 0 Å². The Morgan fingerprint density at radius 3 is 2.47 bits per heavy atom. The Morgan fingerprint density at radius 1 is 1.13 bits per heavy atom. The molecule has 0 aromatic carbocycles. The monoisotopic (exact) mass is 202 g/mol. The fourth-order valence-corrected chi connectivity index (χ4v) is 2.04. The minimum Gasteiger partial charge on any atom is -0.280 e. The van der Waals surface area contributed by atoms with Gasteiger partial charge in [-0.15, -0.1) is 0 Å². The van der Waals surface area contributed by atoms with Crippen LogP contribution in [0.2, 0.25) is 0 Å². The van der Waals surface area contributed by atoms with E-state index < -0.39 is 0 Å². The lowest BCUT2D eigenvalue weighted by molar-refractivity contribution is 0.782. The first-order valence-corrected chi connectivity index (χ1v) is 5.64. The van der Waals surface area contributed by atoms with E-state index in [2.05, 4.69) is 43.7 Å². The quantitative estimate of drug-likeness (QED) is 0.717. The molecule has 80 valence electrons. The molecule has 1 aliphatic rings. The van der Waals surface area contributed by atoms with Crippen LogP contribution >= 0.6 is 0 Å². The molecule has 0 saturated carbocycles. The fourth-order valence-electron chi connectivity index (χ4n) is 2.04.